The molecule has 8 heteroatoms. The van der Waals surface area contributed by atoms with Crippen molar-refractivity contribution in [3.05, 3.63) is 74.7 Å². The number of aryl methyl sites for hydroxylation is 1. The van der Waals surface area contributed by atoms with Crippen molar-refractivity contribution < 1.29 is 9.18 Å². The molecule has 1 heterocycles. The van der Waals surface area contributed by atoms with Crippen molar-refractivity contribution in [3.8, 4) is 11.8 Å². The number of nitrogen functional groups attached to an aromatic ring is 1. The molecule has 3 aromatic rings. The monoisotopic (exact) mass is 489 g/mol. The molecule has 142 valence electrons. The van der Waals surface area contributed by atoms with Gasteiger partial charge >= 0.3 is 0 Å². The number of rotatable bonds is 6. The molecule has 0 radical (unpaired) electrons. The molecule has 0 saturated carbocycles. The van der Waals surface area contributed by atoms with Gasteiger partial charge in [-0.25, -0.2) is 9.07 Å². The van der Waals surface area contributed by atoms with Gasteiger partial charge in [-0.05, 0) is 84.0 Å². The Hall–Kier alpha value is -2.93. The first-order valence-electron chi connectivity index (χ1n) is 8.57. The summed E-state index contributed by atoms with van der Waals surface area (Å²) in [4.78, 5) is 12.1. The first-order valence-corrected chi connectivity index (χ1v) is 9.64. The van der Waals surface area contributed by atoms with Gasteiger partial charge in [0.15, 0.2) is 0 Å². The molecule has 0 fully saturated rings. The summed E-state index contributed by atoms with van der Waals surface area (Å²) in [6.07, 6.45) is 1.08. The van der Waals surface area contributed by atoms with Crippen LogP contribution in [0.5, 0.6) is 0 Å². The second-order valence-electron chi connectivity index (χ2n) is 6.07. The number of halogens is 2. The highest BCUT2D eigenvalue weighted by Crippen LogP contribution is 2.21. The van der Waals surface area contributed by atoms with E-state index in [1.807, 2.05) is 12.1 Å². The molecule has 1 amide bonds. The van der Waals surface area contributed by atoms with E-state index < -0.39 is 0 Å². The van der Waals surface area contributed by atoms with Gasteiger partial charge < -0.3 is 11.1 Å². The molecule has 0 aliphatic heterocycles. The van der Waals surface area contributed by atoms with Crippen molar-refractivity contribution in [2.24, 2.45) is 0 Å². The highest BCUT2D eigenvalue weighted by molar-refractivity contribution is 14.1. The van der Waals surface area contributed by atoms with Crippen LogP contribution in [0.4, 0.5) is 10.2 Å². The first-order chi connectivity index (χ1) is 13.5. The maximum absolute atomic E-state index is 13.1. The average molecular weight is 489 g/mol. The molecule has 0 aliphatic rings. The molecule has 6 nitrogen and oxygen atoms in total. The third-order valence-electron chi connectivity index (χ3n) is 4.16. The molecule has 1 aromatic heterocycles. The Morgan fingerprint density at radius 3 is 2.54 bits per heavy atom. The van der Waals surface area contributed by atoms with Gasteiger partial charge in [-0.2, -0.15) is 10.4 Å². The molecule has 2 aromatic carbocycles. The van der Waals surface area contributed by atoms with Crippen LogP contribution >= 0.6 is 22.6 Å². The minimum absolute atomic E-state index is 0.145. The fourth-order valence-corrected chi connectivity index (χ4v) is 3.07. The third kappa shape index (κ3) is 4.48. The second kappa shape index (κ2) is 8.84. The van der Waals surface area contributed by atoms with E-state index in [-0.39, 0.29) is 17.5 Å². The van der Waals surface area contributed by atoms with E-state index in [9.17, 15) is 14.4 Å². The zero-order valence-corrected chi connectivity index (χ0v) is 17.0. The number of nitrogens with two attached hydrogens (primary N) is 1. The maximum Gasteiger partial charge on any atom is 0.251 e. The highest BCUT2D eigenvalue weighted by atomic mass is 127. The van der Waals surface area contributed by atoms with Gasteiger partial charge in [0, 0.05) is 15.7 Å². The normalized spacial score (nSPS) is 10.5. The number of amides is 1. The van der Waals surface area contributed by atoms with Crippen LogP contribution in [0.25, 0.3) is 5.69 Å². The number of nitrogens with zero attached hydrogens (tertiary/aromatic N) is 3. The van der Waals surface area contributed by atoms with Crippen molar-refractivity contribution >= 4 is 34.3 Å². The fraction of sp³-hybridized carbons (Fsp3) is 0.150. The third-order valence-corrected chi connectivity index (χ3v) is 4.88. The van der Waals surface area contributed by atoms with Crippen LogP contribution in [-0.4, -0.2) is 22.2 Å². The van der Waals surface area contributed by atoms with Gasteiger partial charge in [0.05, 0.1) is 11.4 Å². The van der Waals surface area contributed by atoms with E-state index in [2.05, 4.69) is 39.1 Å². The lowest BCUT2D eigenvalue weighted by Gasteiger charge is -2.05. The van der Waals surface area contributed by atoms with E-state index in [0.717, 1.165) is 3.57 Å². The lowest BCUT2D eigenvalue weighted by atomic mass is 10.1. The van der Waals surface area contributed by atoms with Gasteiger partial charge in [0.1, 0.15) is 23.3 Å². The number of aromatic nitrogens is 2. The standard InChI is InChI=1S/C20H17FIN5O/c21-14-5-9-16(10-6-14)27-19(24)17(12-23)18(26-27)2-1-11-25-20(28)13-3-7-15(22)8-4-13/h3-10H,1-2,11,24H2,(H,25,28). The minimum Gasteiger partial charge on any atom is -0.382 e. The van der Waals surface area contributed by atoms with Crippen molar-refractivity contribution in [1.29, 1.82) is 5.26 Å². The SMILES string of the molecule is N#Cc1c(CCCNC(=O)c2ccc(I)cc2)nn(-c2ccc(F)cc2)c1N. The van der Waals surface area contributed by atoms with Crippen LogP contribution in [0, 0.1) is 20.7 Å². The molecule has 28 heavy (non-hydrogen) atoms. The summed E-state index contributed by atoms with van der Waals surface area (Å²) in [5.41, 5.74) is 8.06. The number of nitriles is 1. The van der Waals surface area contributed by atoms with E-state index in [4.69, 9.17) is 5.73 Å². The van der Waals surface area contributed by atoms with Gasteiger partial charge in [0.2, 0.25) is 0 Å². The Balaban J connectivity index is 1.63. The molecule has 0 aliphatic carbocycles. The van der Waals surface area contributed by atoms with Crippen molar-refractivity contribution in [2.75, 3.05) is 12.3 Å². The average Bonchev–Trinajstić information content (AvgIpc) is 3.01. The van der Waals surface area contributed by atoms with Crippen molar-refractivity contribution in [3.63, 3.8) is 0 Å². The van der Waals surface area contributed by atoms with E-state index >= 15 is 0 Å². The van der Waals surface area contributed by atoms with Crippen LogP contribution in [-0.2, 0) is 6.42 Å². The zero-order valence-electron chi connectivity index (χ0n) is 14.8. The van der Waals surface area contributed by atoms with Crippen molar-refractivity contribution in [2.45, 2.75) is 12.8 Å². The topological polar surface area (TPSA) is 96.7 Å². The van der Waals surface area contributed by atoms with Crippen molar-refractivity contribution in [1.82, 2.24) is 15.1 Å². The van der Waals surface area contributed by atoms with Gasteiger partial charge in [-0.15, -0.1) is 0 Å². The summed E-state index contributed by atoms with van der Waals surface area (Å²) in [6, 6.07) is 15.1. The number of hydrogen-bond donors (Lipinski definition) is 2. The number of hydrogen-bond acceptors (Lipinski definition) is 4. The van der Waals surface area contributed by atoms with Crippen LogP contribution in [0.3, 0.4) is 0 Å². The van der Waals surface area contributed by atoms with E-state index in [1.54, 1.807) is 24.3 Å². The molecule has 0 atom stereocenters. The predicted molar refractivity (Wildman–Crippen MR) is 112 cm³/mol. The van der Waals surface area contributed by atoms with Crippen LogP contribution in [0.1, 0.15) is 28.0 Å². The van der Waals surface area contributed by atoms with Gasteiger partial charge in [-0.3, -0.25) is 4.79 Å². The summed E-state index contributed by atoms with van der Waals surface area (Å²) in [6.45, 7) is 0.443. The summed E-state index contributed by atoms with van der Waals surface area (Å²) in [7, 11) is 0. The molecule has 0 spiro atoms. The van der Waals surface area contributed by atoms with Gasteiger partial charge in [-0.1, -0.05) is 0 Å². The molecular weight excluding hydrogens is 472 g/mol. The Morgan fingerprint density at radius 1 is 1.21 bits per heavy atom. The molecule has 0 saturated heterocycles. The summed E-state index contributed by atoms with van der Waals surface area (Å²) in [5, 5.41) is 16.7. The first kappa shape index (κ1) is 19.8. The number of benzene rings is 2. The smallest absolute Gasteiger partial charge is 0.251 e. The fourth-order valence-electron chi connectivity index (χ4n) is 2.72. The Bertz CT molecular complexity index is 1020. The van der Waals surface area contributed by atoms with Gasteiger partial charge in [0.25, 0.3) is 5.91 Å². The molecule has 3 rings (SSSR count). The number of anilines is 1. The summed E-state index contributed by atoms with van der Waals surface area (Å²) < 4.78 is 15.6. The number of nitrogens with one attached hydrogen (secondary N) is 1. The number of carbonyl (C=O) groups is 1. The second-order valence-corrected chi connectivity index (χ2v) is 7.32. The largest absolute Gasteiger partial charge is 0.382 e. The number of carbonyl (C=O) groups excluding carboxylic acids is 1. The van der Waals surface area contributed by atoms with E-state index in [1.165, 1.54) is 16.8 Å². The van der Waals surface area contributed by atoms with Crippen LogP contribution < -0.4 is 11.1 Å². The van der Waals surface area contributed by atoms with Crippen LogP contribution in [0.15, 0.2) is 48.5 Å². The Kier molecular flexibility index (Phi) is 6.26. The predicted octanol–water partition coefficient (Wildman–Crippen LogP) is 3.43. The van der Waals surface area contributed by atoms with Crippen LogP contribution in [0.2, 0.25) is 0 Å². The quantitative estimate of drug-likeness (QED) is 0.410. The van der Waals surface area contributed by atoms with E-state index in [0.29, 0.717) is 41.9 Å². The summed E-state index contributed by atoms with van der Waals surface area (Å²) in [5.74, 6) is -0.292. The zero-order chi connectivity index (χ0) is 20.1. The molecule has 0 bridgehead atoms. The highest BCUT2D eigenvalue weighted by Gasteiger charge is 2.16. The Morgan fingerprint density at radius 2 is 1.89 bits per heavy atom. The lowest BCUT2D eigenvalue weighted by molar-refractivity contribution is 0.0953. The maximum atomic E-state index is 13.1. The summed E-state index contributed by atoms with van der Waals surface area (Å²) >= 11 is 2.18. The molecular formula is C20H17FIN5O. The Labute approximate surface area is 175 Å². The lowest BCUT2D eigenvalue weighted by Crippen LogP contribution is -2.24. The molecule has 3 N–H and O–H groups in total. The minimum atomic E-state index is -0.362. The molecule has 0 unspecified atom stereocenters.